The molecule has 0 fully saturated rings. The van der Waals surface area contributed by atoms with Crippen molar-refractivity contribution in [3.8, 4) is 0 Å². The van der Waals surface area contributed by atoms with E-state index in [9.17, 15) is 0 Å². The van der Waals surface area contributed by atoms with Gasteiger partial charge in [-0.1, -0.05) is 15.9 Å². The molecule has 0 spiro atoms. The number of anilines is 2. The second-order valence-corrected chi connectivity index (χ2v) is 5.08. The molecular formula is C10H6Br2ClN3. The van der Waals surface area contributed by atoms with Gasteiger partial charge >= 0.3 is 0 Å². The van der Waals surface area contributed by atoms with Gasteiger partial charge in [0.25, 0.3) is 0 Å². The highest BCUT2D eigenvalue weighted by Gasteiger charge is 2.03. The Morgan fingerprint density at radius 3 is 2.50 bits per heavy atom. The van der Waals surface area contributed by atoms with Crippen molar-refractivity contribution in [1.82, 2.24) is 9.97 Å². The van der Waals surface area contributed by atoms with Crippen LogP contribution in [0.5, 0.6) is 0 Å². The summed E-state index contributed by atoms with van der Waals surface area (Å²) in [6.07, 6.45) is 1.61. The molecule has 0 bridgehead atoms. The normalized spacial score (nSPS) is 10.2. The lowest BCUT2D eigenvalue weighted by molar-refractivity contribution is 1.15. The second kappa shape index (κ2) is 5.12. The van der Waals surface area contributed by atoms with E-state index in [1.165, 1.54) is 0 Å². The van der Waals surface area contributed by atoms with Gasteiger partial charge < -0.3 is 5.32 Å². The molecule has 0 aliphatic heterocycles. The molecule has 0 amide bonds. The Labute approximate surface area is 115 Å². The lowest BCUT2D eigenvalue weighted by Crippen LogP contribution is -1.96. The van der Waals surface area contributed by atoms with Crippen molar-refractivity contribution in [3.05, 3.63) is 44.7 Å². The zero-order valence-electron chi connectivity index (χ0n) is 7.92. The molecule has 16 heavy (non-hydrogen) atoms. The van der Waals surface area contributed by atoms with Crippen LogP contribution in [0.25, 0.3) is 0 Å². The summed E-state index contributed by atoms with van der Waals surface area (Å²) >= 11 is 12.4. The minimum absolute atomic E-state index is 0.211. The Morgan fingerprint density at radius 1 is 1.12 bits per heavy atom. The quantitative estimate of drug-likeness (QED) is 0.804. The fourth-order valence-corrected chi connectivity index (χ4v) is 1.79. The van der Waals surface area contributed by atoms with E-state index in [1.807, 2.05) is 24.3 Å². The zero-order chi connectivity index (χ0) is 11.5. The van der Waals surface area contributed by atoms with E-state index < -0.39 is 0 Å². The highest BCUT2D eigenvalue weighted by atomic mass is 79.9. The molecule has 0 unspecified atom stereocenters. The summed E-state index contributed by atoms with van der Waals surface area (Å²) in [4.78, 5) is 7.93. The van der Waals surface area contributed by atoms with Crippen LogP contribution in [0, 0.1) is 0 Å². The van der Waals surface area contributed by atoms with Crippen LogP contribution in [0.4, 0.5) is 11.5 Å². The first-order valence-electron chi connectivity index (χ1n) is 4.36. The van der Waals surface area contributed by atoms with Gasteiger partial charge in [0.15, 0.2) is 0 Å². The average molecular weight is 363 g/mol. The zero-order valence-corrected chi connectivity index (χ0v) is 11.8. The van der Waals surface area contributed by atoms with Gasteiger partial charge in [-0.25, -0.2) is 4.98 Å². The Kier molecular flexibility index (Phi) is 3.78. The van der Waals surface area contributed by atoms with Gasteiger partial charge in [0.1, 0.15) is 5.82 Å². The first-order valence-corrected chi connectivity index (χ1v) is 6.32. The number of nitrogens with one attached hydrogen (secondary N) is 1. The first kappa shape index (κ1) is 11.8. The van der Waals surface area contributed by atoms with Crippen LogP contribution < -0.4 is 5.32 Å². The third kappa shape index (κ3) is 2.93. The summed E-state index contributed by atoms with van der Waals surface area (Å²) in [7, 11) is 0. The smallest absolute Gasteiger partial charge is 0.224 e. The first-order chi connectivity index (χ1) is 7.65. The SMILES string of the molecule is Clc1ncc(Br)c(Nc2ccc(Br)cc2)n1. The number of benzene rings is 1. The van der Waals surface area contributed by atoms with Crippen molar-refractivity contribution in [2.24, 2.45) is 0 Å². The molecule has 0 atom stereocenters. The maximum absolute atomic E-state index is 5.72. The fraction of sp³-hybridized carbons (Fsp3) is 0. The molecule has 0 aliphatic carbocycles. The van der Waals surface area contributed by atoms with Crippen molar-refractivity contribution in [3.63, 3.8) is 0 Å². The van der Waals surface area contributed by atoms with E-state index >= 15 is 0 Å². The van der Waals surface area contributed by atoms with Gasteiger partial charge in [-0.3, -0.25) is 0 Å². The van der Waals surface area contributed by atoms with E-state index in [0.29, 0.717) is 5.82 Å². The Balaban J connectivity index is 2.26. The Hall–Kier alpha value is -0.650. The minimum atomic E-state index is 0.211. The van der Waals surface area contributed by atoms with Crippen LogP contribution in [0.2, 0.25) is 5.28 Å². The molecular weight excluding hydrogens is 357 g/mol. The summed E-state index contributed by atoms with van der Waals surface area (Å²) < 4.78 is 1.79. The molecule has 0 saturated carbocycles. The highest BCUT2D eigenvalue weighted by molar-refractivity contribution is 9.10. The lowest BCUT2D eigenvalue weighted by Gasteiger charge is -2.07. The van der Waals surface area contributed by atoms with Crippen molar-refractivity contribution in [2.75, 3.05) is 5.32 Å². The molecule has 1 N–H and O–H groups in total. The third-order valence-corrected chi connectivity index (χ3v) is 3.11. The predicted octanol–water partition coefficient (Wildman–Crippen LogP) is 4.40. The molecule has 6 heteroatoms. The largest absolute Gasteiger partial charge is 0.339 e. The van der Waals surface area contributed by atoms with E-state index in [2.05, 4.69) is 47.1 Å². The van der Waals surface area contributed by atoms with Gasteiger partial charge in [-0.15, -0.1) is 0 Å². The molecule has 2 aromatic rings. The topological polar surface area (TPSA) is 37.8 Å². The molecule has 0 aliphatic rings. The van der Waals surface area contributed by atoms with Crippen LogP contribution in [0.1, 0.15) is 0 Å². The fourth-order valence-electron chi connectivity index (χ4n) is 1.10. The van der Waals surface area contributed by atoms with Crippen LogP contribution in [-0.2, 0) is 0 Å². The van der Waals surface area contributed by atoms with Crippen molar-refractivity contribution in [1.29, 1.82) is 0 Å². The monoisotopic (exact) mass is 361 g/mol. The molecule has 3 nitrogen and oxygen atoms in total. The molecule has 0 radical (unpaired) electrons. The second-order valence-electron chi connectivity index (χ2n) is 2.97. The van der Waals surface area contributed by atoms with Crippen LogP contribution in [0.3, 0.4) is 0 Å². The minimum Gasteiger partial charge on any atom is -0.339 e. The van der Waals surface area contributed by atoms with Crippen molar-refractivity contribution in [2.45, 2.75) is 0 Å². The molecule has 1 heterocycles. The highest BCUT2D eigenvalue weighted by Crippen LogP contribution is 2.24. The predicted molar refractivity (Wildman–Crippen MR) is 72.2 cm³/mol. The number of rotatable bonds is 2. The number of nitrogens with zero attached hydrogens (tertiary/aromatic N) is 2. The third-order valence-electron chi connectivity index (χ3n) is 1.82. The molecule has 2 rings (SSSR count). The molecule has 1 aromatic heterocycles. The summed E-state index contributed by atoms with van der Waals surface area (Å²) in [5.41, 5.74) is 0.929. The van der Waals surface area contributed by atoms with E-state index in [0.717, 1.165) is 14.6 Å². The summed E-state index contributed by atoms with van der Waals surface area (Å²) in [6.45, 7) is 0. The van der Waals surface area contributed by atoms with Crippen molar-refractivity contribution >= 4 is 55.0 Å². The van der Waals surface area contributed by atoms with E-state index in [1.54, 1.807) is 6.20 Å². The summed E-state index contributed by atoms with van der Waals surface area (Å²) in [6, 6.07) is 7.76. The van der Waals surface area contributed by atoms with Gasteiger partial charge in [0.05, 0.1) is 4.47 Å². The van der Waals surface area contributed by atoms with E-state index in [-0.39, 0.29) is 5.28 Å². The number of aromatic nitrogens is 2. The number of hydrogen-bond acceptors (Lipinski definition) is 3. The van der Waals surface area contributed by atoms with Crippen molar-refractivity contribution < 1.29 is 0 Å². The molecule has 82 valence electrons. The maximum atomic E-state index is 5.72. The van der Waals surface area contributed by atoms with Gasteiger partial charge in [0, 0.05) is 16.4 Å². The maximum Gasteiger partial charge on any atom is 0.224 e. The Bertz CT molecular complexity index is 502. The van der Waals surface area contributed by atoms with Crippen LogP contribution >= 0.6 is 43.5 Å². The Morgan fingerprint density at radius 2 is 1.81 bits per heavy atom. The molecule has 0 saturated heterocycles. The standard InChI is InChI=1S/C10H6Br2ClN3/c11-6-1-3-7(4-2-6)15-9-8(12)5-14-10(13)16-9/h1-5H,(H,14,15,16). The molecule has 1 aromatic carbocycles. The summed E-state index contributed by atoms with van der Waals surface area (Å²) in [5, 5.41) is 3.35. The van der Waals surface area contributed by atoms with Gasteiger partial charge in [-0.05, 0) is 51.8 Å². The number of halogens is 3. The van der Waals surface area contributed by atoms with Gasteiger partial charge in [0.2, 0.25) is 5.28 Å². The number of hydrogen-bond donors (Lipinski definition) is 1. The average Bonchev–Trinajstić information content (AvgIpc) is 2.27. The van der Waals surface area contributed by atoms with Crippen LogP contribution in [0.15, 0.2) is 39.4 Å². The lowest BCUT2D eigenvalue weighted by atomic mass is 10.3. The van der Waals surface area contributed by atoms with Gasteiger partial charge in [-0.2, -0.15) is 4.98 Å². The van der Waals surface area contributed by atoms with E-state index in [4.69, 9.17) is 11.6 Å². The summed E-state index contributed by atoms with van der Waals surface area (Å²) in [5.74, 6) is 0.641. The van der Waals surface area contributed by atoms with Crippen LogP contribution in [-0.4, -0.2) is 9.97 Å².